The number of nitrogens with two attached hydrogens (primary N) is 1. The van der Waals surface area contributed by atoms with Gasteiger partial charge in [0.2, 0.25) is 11.8 Å². The highest BCUT2D eigenvalue weighted by molar-refractivity contribution is 6.07. The fourth-order valence-electron chi connectivity index (χ4n) is 5.40. The van der Waals surface area contributed by atoms with Crippen molar-refractivity contribution < 1.29 is 38.1 Å². The second-order valence-corrected chi connectivity index (χ2v) is 9.69. The Bertz CT molecular complexity index is 1270. The minimum absolute atomic E-state index is 0.0187. The summed E-state index contributed by atoms with van der Waals surface area (Å²) in [6.07, 6.45) is 0.818. The van der Waals surface area contributed by atoms with Crippen molar-refractivity contribution in [1.29, 1.82) is 0 Å². The molecule has 12 heteroatoms. The first-order chi connectivity index (χ1) is 19.3. The van der Waals surface area contributed by atoms with Crippen molar-refractivity contribution in [1.82, 2.24) is 14.8 Å². The van der Waals surface area contributed by atoms with Gasteiger partial charge in [-0.25, -0.2) is 9.78 Å². The van der Waals surface area contributed by atoms with Gasteiger partial charge in [0.25, 0.3) is 0 Å². The van der Waals surface area contributed by atoms with Crippen LogP contribution in [0, 0.1) is 0 Å². The van der Waals surface area contributed by atoms with Crippen LogP contribution < -0.4 is 10.5 Å². The van der Waals surface area contributed by atoms with Gasteiger partial charge in [-0.05, 0) is 38.3 Å². The first-order valence-corrected chi connectivity index (χ1v) is 13.5. The van der Waals surface area contributed by atoms with Crippen molar-refractivity contribution >= 4 is 34.8 Å². The fraction of sp³-hybridized carbons (Fsp3) is 0.536. The zero-order chi connectivity index (χ0) is 28.8. The van der Waals surface area contributed by atoms with E-state index in [2.05, 4.69) is 0 Å². The van der Waals surface area contributed by atoms with E-state index >= 15 is 0 Å². The van der Waals surface area contributed by atoms with Gasteiger partial charge >= 0.3 is 12.1 Å². The van der Waals surface area contributed by atoms with Crippen LogP contribution >= 0.6 is 0 Å². The van der Waals surface area contributed by atoms with Gasteiger partial charge in [0.1, 0.15) is 5.75 Å². The van der Waals surface area contributed by atoms with Crippen molar-refractivity contribution in [2.45, 2.75) is 44.6 Å². The van der Waals surface area contributed by atoms with Gasteiger partial charge in [-0.2, -0.15) is 0 Å². The summed E-state index contributed by atoms with van der Waals surface area (Å²) in [7, 11) is 2.78. The number of pyridine rings is 1. The standard InChI is InChI=1S/C28H36N4O8/c1-4-39-28(36)32-14-12-31(13-15-32)27(35)18(10-11-21(33)37-2)24-25(38-3)23(20-9-6-16-40-20)22-17(26(29)34)7-5-8-19(22)30-24/h5,7-8,18,20H,4,6,9-16H2,1-3H3,(H2,29,34). The molecule has 2 aliphatic rings. The predicted octanol–water partition coefficient (Wildman–Crippen LogP) is 2.53. The van der Waals surface area contributed by atoms with E-state index < -0.39 is 23.9 Å². The summed E-state index contributed by atoms with van der Waals surface area (Å²) in [5.41, 5.74) is 7.46. The Morgan fingerprint density at radius 1 is 1.12 bits per heavy atom. The number of methoxy groups -OCH3 is 2. The molecular weight excluding hydrogens is 520 g/mol. The minimum Gasteiger partial charge on any atom is -0.494 e. The molecule has 2 aromatic rings. The third-order valence-corrected chi connectivity index (χ3v) is 7.36. The lowest BCUT2D eigenvalue weighted by atomic mass is 9.89. The van der Waals surface area contributed by atoms with Crippen LogP contribution in [0.25, 0.3) is 10.9 Å². The first-order valence-electron chi connectivity index (χ1n) is 13.5. The molecular formula is C28H36N4O8. The number of ether oxygens (including phenoxy) is 4. The Kier molecular flexibility index (Phi) is 9.41. The van der Waals surface area contributed by atoms with Crippen LogP contribution in [0.3, 0.4) is 0 Å². The van der Waals surface area contributed by atoms with Crippen LogP contribution in [0.4, 0.5) is 4.79 Å². The van der Waals surface area contributed by atoms with Crippen LogP contribution in [0.1, 0.15) is 66.2 Å². The number of hydrogen-bond acceptors (Lipinski definition) is 9. The van der Waals surface area contributed by atoms with E-state index in [1.165, 1.54) is 14.2 Å². The number of piperazine rings is 1. The molecule has 216 valence electrons. The Morgan fingerprint density at radius 2 is 1.85 bits per heavy atom. The van der Waals surface area contributed by atoms with Gasteiger partial charge in [0, 0.05) is 55.7 Å². The summed E-state index contributed by atoms with van der Waals surface area (Å²) in [5, 5.41) is 0.532. The molecule has 2 N–H and O–H groups in total. The number of rotatable bonds is 9. The van der Waals surface area contributed by atoms with E-state index in [-0.39, 0.29) is 37.0 Å². The summed E-state index contributed by atoms with van der Waals surface area (Å²) in [6, 6.07) is 5.07. The lowest BCUT2D eigenvalue weighted by Gasteiger charge is -2.36. The average molecular weight is 557 g/mol. The highest BCUT2D eigenvalue weighted by Gasteiger charge is 2.37. The second-order valence-electron chi connectivity index (χ2n) is 9.69. The maximum Gasteiger partial charge on any atom is 0.409 e. The van der Waals surface area contributed by atoms with E-state index in [1.807, 2.05) is 0 Å². The van der Waals surface area contributed by atoms with E-state index in [4.69, 9.17) is 29.7 Å². The van der Waals surface area contributed by atoms with Gasteiger partial charge in [-0.1, -0.05) is 6.07 Å². The van der Waals surface area contributed by atoms with Gasteiger partial charge in [-0.3, -0.25) is 14.4 Å². The molecule has 1 aromatic carbocycles. The number of carbonyl (C=O) groups is 4. The zero-order valence-electron chi connectivity index (χ0n) is 23.1. The van der Waals surface area contributed by atoms with Crippen molar-refractivity contribution in [2.24, 2.45) is 5.73 Å². The molecule has 2 unspecified atom stereocenters. The summed E-state index contributed by atoms with van der Waals surface area (Å²) < 4.78 is 21.9. The molecule has 12 nitrogen and oxygen atoms in total. The normalized spacial score (nSPS) is 17.9. The van der Waals surface area contributed by atoms with Crippen LogP contribution in [-0.4, -0.2) is 92.3 Å². The number of fused-ring (bicyclic) bond motifs is 1. The largest absolute Gasteiger partial charge is 0.494 e. The van der Waals surface area contributed by atoms with Crippen molar-refractivity contribution in [2.75, 3.05) is 53.6 Å². The number of nitrogens with zero attached hydrogens (tertiary/aromatic N) is 3. The third-order valence-electron chi connectivity index (χ3n) is 7.36. The van der Waals surface area contributed by atoms with Gasteiger partial charge in [0.15, 0.2) is 0 Å². The molecule has 0 bridgehead atoms. The van der Waals surface area contributed by atoms with E-state index in [0.29, 0.717) is 67.1 Å². The summed E-state index contributed by atoms with van der Waals surface area (Å²) in [4.78, 5) is 58.8. The molecule has 0 radical (unpaired) electrons. The molecule has 0 aliphatic carbocycles. The smallest absolute Gasteiger partial charge is 0.409 e. The SMILES string of the molecule is CCOC(=O)N1CCN(C(=O)C(CCC(=O)OC)c2nc3cccc(C(N)=O)c3c(C3CCCO3)c2OC)CC1. The van der Waals surface area contributed by atoms with Gasteiger partial charge in [-0.15, -0.1) is 0 Å². The highest BCUT2D eigenvalue weighted by Crippen LogP contribution is 2.44. The Labute approximate surface area is 232 Å². The quantitative estimate of drug-likeness (QED) is 0.460. The number of hydrogen-bond donors (Lipinski definition) is 1. The number of aromatic nitrogens is 1. The first kappa shape index (κ1) is 29.1. The second kappa shape index (κ2) is 12.9. The third kappa shape index (κ3) is 5.96. The minimum atomic E-state index is -0.856. The number of esters is 1. The average Bonchev–Trinajstić information content (AvgIpc) is 3.50. The number of carbonyl (C=O) groups excluding carboxylic acids is 4. The topological polar surface area (TPSA) is 151 Å². The van der Waals surface area contributed by atoms with E-state index in [9.17, 15) is 19.2 Å². The monoisotopic (exact) mass is 556 g/mol. The number of benzene rings is 1. The molecule has 2 aliphatic heterocycles. The van der Waals surface area contributed by atoms with Crippen molar-refractivity contribution in [3.63, 3.8) is 0 Å². The zero-order valence-corrected chi connectivity index (χ0v) is 23.1. The van der Waals surface area contributed by atoms with Crippen LogP contribution in [0.15, 0.2) is 18.2 Å². The van der Waals surface area contributed by atoms with Crippen molar-refractivity contribution in [3.8, 4) is 5.75 Å². The molecule has 3 amide bonds. The molecule has 2 fully saturated rings. The summed E-state index contributed by atoms with van der Waals surface area (Å²) in [5.74, 6) is -1.84. The lowest BCUT2D eigenvalue weighted by molar-refractivity contribution is -0.141. The molecule has 2 atom stereocenters. The Morgan fingerprint density at radius 3 is 2.45 bits per heavy atom. The molecule has 0 saturated carbocycles. The van der Waals surface area contributed by atoms with Gasteiger partial charge < -0.3 is 34.5 Å². The van der Waals surface area contributed by atoms with Crippen LogP contribution in [0.2, 0.25) is 0 Å². The molecule has 40 heavy (non-hydrogen) atoms. The molecule has 2 saturated heterocycles. The molecule has 0 spiro atoms. The van der Waals surface area contributed by atoms with Gasteiger partial charge in [0.05, 0.1) is 44.1 Å². The Balaban J connectivity index is 1.79. The van der Waals surface area contributed by atoms with Crippen LogP contribution in [-0.2, 0) is 23.8 Å². The molecule has 1 aromatic heterocycles. The van der Waals surface area contributed by atoms with E-state index in [1.54, 1.807) is 34.9 Å². The maximum absolute atomic E-state index is 14.1. The van der Waals surface area contributed by atoms with E-state index in [0.717, 1.165) is 6.42 Å². The molecule has 3 heterocycles. The number of primary amides is 1. The van der Waals surface area contributed by atoms with Crippen LogP contribution in [0.5, 0.6) is 5.75 Å². The lowest BCUT2D eigenvalue weighted by Crippen LogP contribution is -2.51. The summed E-state index contributed by atoms with van der Waals surface area (Å²) >= 11 is 0. The Hall–Kier alpha value is -3.93. The summed E-state index contributed by atoms with van der Waals surface area (Å²) in [6.45, 7) is 3.79. The number of amides is 3. The predicted molar refractivity (Wildman–Crippen MR) is 144 cm³/mol. The van der Waals surface area contributed by atoms with Crippen molar-refractivity contribution in [3.05, 3.63) is 35.0 Å². The highest BCUT2D eigenvalue weighted by atomic mass is 16.6. The fourth-order valence-corrected chi connectivity index (χ4v) is 5.40. The molecule has 4 rings (SSSR count). The maximum atomic E-state index is 14.1.